The van der Waals surface area contributed by atoms with E-state index in [0.29, 0.717) is 0 Å². The van der Waals surface area contributed by atoms with Crippen LogP contribution in [0.25, 0.3) is 11.1 Å². The zero-order chi connectivity index (χ0) is 16.1. The first-order valence-electron chi connectivity index (χ1n) is 8.31. The van der Waals surface area contributed by atoms with Gasteiger partial charge in [0.15, 0.2) is 0 Å². The topological polar surface area (TPSA) is 0 Å². The van der Waals surface area contributed by atoms with Crippen molar-refractivity contribution in [3.63, 3.8) is 0 Å². The minimum atomic E-state index is -0.206. The van der Waals surface area contributed by atoms with Crippen LogP contribution in [-0.4, -0.2) is 0 Å². The Kier molecular flexibility index (Phi) is 4.93. The lowest BCUT2D eigenvalue weighted by molar-refractivity contribution is 0.460. The summed E-state index contributed by atoms with van der Waals surface area (Å²) in [7, 11) is 0. The maximum atomic E-state index is 13.0. The molecule has 1 atom stereocenters. The monoisotopic (exact) mass is 304 g/mol. The van der Waals surface area contributed by atoms with E-state index < -0.39 is 0 Å². The van der Waals surface area contributed by atoms with Crippen LogP contribution in [0, 0.1) is 23.6 Å². The molecule has 0 N–H and O–H groups in total. The van der Waals surface area contributed by atoms with E-state index in [0.717, 1.165) is 29.0 Å². The third-order valence-corrected chi connectivity index (χ3v) is 4.53. The molecular weight excluding hydrogens is 283 g/mol. The van der Waals surface area contributed by atoms with E-state index in [-0.39, 0.29) is 5.82 Å². The first-order valence-corrected chi connectivity index (χ1v) is 8.31. The maximum absolute atomic E-state index is 13.0. The van der Waals surface area contributed by atoms with Gasteiger partial charge >= 0.3 is 0 Å². The molecule has 0 radical (unpaired) electrons. The summed E-state index contributed by atoms with van der Waals surface area (Å²) in [5, 5.41) is 0. The van der Waals surface area contributed by atoms with Gasteiger partial charge < -0.3 is 0 Å². The molecule has 2 aromatic rings. The molecule has 116 valence electrons. The molecule has 0 aliphatic heterocycles. The fourth-order valence-corrected chi connectivity index (χ4v) is 2.91. The van der Waals surface area contributed by atoms with Crippen LogP contribution in [0.15, 0.2) is 60.2 Å². The Morgan fingerprint density at radius 1 is 0.957 bits per heavy atom. The summed E-state index contributed by atoms with van der Waals surface area (Å²) in [6, 6.07) is 14.7. The van der Waals surface area contributed by atoms with Crippen molar-refractivity contribution in [3.8, 4) is 23.0 Å². The van der Waals surface area contributed by atoms with Crippen molar-refractivity contribution >= 4 is 0 Å². The Balaban J connectivity index is 1.70. The molecule has 3 rings (SSSR count). The quantitative estimate of drug-likeness (QED) is 0.599. The Morgan fingerprint density at radius 2 is 1.61 bits per heavy atom. The summed E-state index contributed by atoms with van der Waals surface area (Å²) in [4.78, 5) is 0. The Morgan fingerprint density at radius 3 is 2.17 bits per heavy atom. The lowest BCUT2D eigenvalue weighted by Gasteiger charge is -2.17. The fourth-order valence-electron chi connectivity index (χ4n) is 2.91. The molecule has 0 nitrogen and oxygen atoms in total. The molecule has 1 aliphatic rings. The van der Waals surface area contributed by atoms with Gasteiger partial charge in [0, 0.05) is 5.56 Å². The van der Waals surface area contributed by atoms with Crippen LogP contribution in [-0.2, 0) is 0 Å². The van der Waals surface area contributed by atoms with E-state index in [1.54, 1.807) is 12.1 Å². The minimum Gasteiger partial charge on any atom is -0.207 e. The van der Waals surface area contributed by atoms with Crippen LogP contribution in [0.5, 0.6) is 0 Å². The summed E-state index contributed by atoms with van der Waals surface area (Å²) in [5.41, 5.74) is 4.40. The highest BCUT2D eigenvalue weighted by atomic mass is 19.1. The van der Waals surface area contributed by atoms with Crippen LogP contribution < -0.4 is 0 Å². The second kappa shape index (κ2) is 7.29. The van der Waals surface area contributed by atoms with Gasteiger partial charge in [-0.3, -0.25) is 0 Å². The van der Waals surface area contributed by atoms with Gasteiger partial charge in [-0.25, -0.2) is 4.39 Å². The van der Waals surface area contributed by atoms with Gasteiger partial charge in [-0.1, -0.05) is 55.5 Å². The largest absolute Gasteiger partial charge is 0.207 e. The van der Waals surface area contributed by atoms with Crippen LogP contribution in [0.2, 0.25) is 0 Å². The van der Waals surface area contributed by atoms with E-state index in [1.165, 1.54) is 37.0 Å². The SMILES string of the molecule is CCC1CC=C(C#Cc2ccc(-c3ccc(F)cc3)cc2)CC1. The molecule has 2 aromatic carbocycles. The van der Waals surface area contributed by atoms with Crippen molar-refractivity contribution in [2.24, 2.45) is 5.92 Å². The highest BCUT2D eigenvalue weighted by Crippen LogP contribution is 2.25. The van der Waals surface area contributed by atoms with E-state index in [2.05, 4.69) is 24.8 Å². The van der Waals surface area contributed by atoms with Crippen LogP contribution >= 0.6 is 0 Å². The number of benzene rings is 2. The summed E-state index contributed by atoms with van der Waals surface area (Å²) in [5.74, 6) is 7.20. The van der Waals surface area contributed by atoms with E-state index in [9.17, 15) is 4.39 Å². The maximum Gasteiger partial charge on any atom is 0.123 e. The van der Waals surface area contributed by atoms with Gasteiger partial charge in [-0.2, -0.15) is 0 Å². The standard InChI is InChI=1S/C22H21F/c1-2-17-3-5-18(6-4-17)7-8-19-9-11-20(12-10-19)21-13-15-22(23)16-14-21/h5,9-17H,2-4,6H2,1H3. The second-order valence-electron chi connectivity index (χ2n) is 6.11. The highest BCUT2D eigenvalue weighted by Gasteiger charge is 2.10. The smallest absolute Gasteiger partial charge is 0.123 e. The Hall–Kier alpha value is -2.33. The first-order chi connectivity index (χ1) is 11.2. The molecular formula is C22H21F. The summed E-state index contributed by atoms with van der Waals surface area (Å²) in [6.45, 7) is 2.26. The van der Waals surface area contributed by atoms with E-state index >= 15 is 0 Å². The molecule has 23 heavy (non-hydrogen) atoms. The van der Waals surface area contributed by atoms with Crippen molar-refractivity contribution in [2.45, 2.75) is 32.6 Å². The number of hydrogen-bond donors (Lipinski definition) is 0. The molecule has 1 aliphatic carbocycles. The Bertz CT molecular complexity index is 739. The van der Waals surface area contributed by atoms with Gasteiger partial charge in [0.2, 0.25) is 0 Å². The molecule has 0 amide bonds. The molecule has 0 saturated heterocycles. The van der Waals surface area contributed by atoms with Crippen molar-refractivity contribution in [1.82, 2.24) is 0 Å². The third-order valence-electron chi connectivity index (χ3n) is 4.53. The fraction of sp³-hybridized carbons (Fsp3) is 0.273. The van der Waals surface area contributed by atoms with Crippen LogP contribution in [0.1, 0.15) is 38.2 Å². The number of halogens is 1. The lowest BCUT2D eigenvalue weighted by atomic mass is 9.88. The van der Waals surface area contributed by atoms with Crippen molar-refractivity contribution in [1.29, 1.82) is 0 Å². The lowest BCUT2D eigenvalue weighted by Crippen LogP contribution is -2.03. The predicted octanol–water partition coefficient (Wildman–Crippen LogP) is 5.98. The van der Waals surface area contributed by atoms with Crippen molar-refractivity contribution < 1.29 is 4.39 Å². The average Bonchev–Trinajstić information content (AvgIpc) is 2.61. The molecule has 1 unspecified atom stereocenters. The van der Waals surface area contributed by atoms with Gasteiger partial charge in [-0.15, -0.1) is 0 Å². The molecule has 0 bridgehead atoms. The predicted molar refractivity (Wildman–Crippen MR) is 94.4 cm³/mol. The molecule has 0 heterocycles. The average molecular weight is 304 g/mol. The van der Waals surface area contributed by atoms with Gasteiger partial charge in [0.05, 0.1) is 0 Å². The third kappa shape index (κ3) is 4.11. The highest BCUT2D eigenvalue weighted by molar-refractivity contribution is 5.64. The molecule has 0 saturated carbocycles. The van der Waals surface area contributed by atoms with Crippen LogP contribution in [0.3, 0.4) is 0 Å². The van der Waals surface area contributed by atoms with E-state index in [1.807, 2.05) is 24.3 Å². The number of allylic oxidation sites excluding steroid dienone is 2. The summed E-state index contributed by atoms with van der Waals surface area (Å²) >= 11 is 0. The normalized spacial score (nSPS) is 17.1. The van der Waals surface area contributed by atoms with Gasteiger partial charge in [-0.05, 0) is 66.1 Å². The zero-order valence-corrected chi connectivity index (χ0v) is 13.5. The molecule has 0 aromatic heterocycles. The van der Waals surface area contributed by atoms with Crippen molar-refractivity contribution in [3.05, 3.63) is 71.6 Å². The number of hydrogen-bond acceptors (Lipinski definition) is 0. The summed E-state index contributed by atoms with van der Waals surface area (Å²) < 4.78 is 13.0. The second-order valence-corrected chi connectivity index (χ2v) is 6.11. The first kappa shape index (κ1) is 15.6. The van der Waals surface area contributed by atoms with Crippen molar-refractivity contribution in [2.75, 3.05) is 0 Å². The Labute approximate surface area is 138 Å². The van der Waals surface area contributed by atoms with Gasteiger partial charge in [0.25, 0.3) is 0 Å². The molecule has 1 heteroatoms. The zero-order valence-electron chi connectivity index (χ0n) is 13.5. The van der Waals surface area contributed by atoms with Gasteiger partial charge in [0.1, 0.15) is 5.82 Å². The number of rotatable bonds is 2. The molecule has 0 spiro atoms. The summed E-state index contributed by atoms with van der Waals surface area (Å²) in [6.07, 6.45) is 7.11. The minimum absolute atomic E-state index is 0.206. The van der Waals surface area contributed by atoms with E-state index in [4.69, 9.17) is 0 Å². The molecule has 0 fully saturated rings. The van der Waals surface area contributed by atoms with Crippen LogP contribution in [0.4, 0.5) is 4.39 Å².